The quantitative estimate of drug-likeness (QED) is 0.613. The van der Waals surface area contributed by atoms with Crippen molar-refractivity contribution < 1.29 is 14.3 Å². The number of thiophene rings is 1. The van der Waals surface area contributed by atoms with Crippen LogP contribution in [0, 0.1) is 23.1 Å². The fraction of sp³-hybridized carbons (Fsp3) is 0.250. The maximum Gasteiger partial charge on any atom is 0.265 e. The number of nitriles is 1. The van der Waals surface area contributed by atoms with Gasteiger partial charge in [-0.05, 0) is 48.9 Å². The van der Waals surface area contributed by atoms with E-state index >= 15 is 0 Å². The second-order valence-electron chi connectivity index (χ2n) is 6.99. The minimum Gasteiger partial charge on any atom is -0.506 e. The van der Waals surface area contributed by atoms with E-state index in [4.69, 9.17) is 5.26 Å². The minimum absolute atomic E-state index is 0.156. The van der Waals surface area contributed by atoms with Crippen molar-refractivity contribution in [2.24, 2.45) is 5.92 Å². The highest BCUT2D eigenvalue weighted by Gasteiger charge is 2.27. The van der Waals surface area contributed by atoms with Gasteiger partial charge in [0.2, 0.25) is 0 Å². The SMILES string of the molecule is CC1CCc2c(sc3[nH]c(=O)c(C(=O)Nc4ccc(F)c(C#N)c4)c(O)c23)C1. The highest BCUT2D eigenvalue weighted by Crippen LogP contribution is 2.41. The van der Waals surface area contributed by atoms with Crippen molar-refractivity contribution in [2.45, 2.75) is 26.2 Å². The van der Waals surface area contributed by atoms with Crippen molar-refractivity contribution in [1.29, 1.82) is 5.26 Å². The number of benzene rings is 1. The van der Waals surface area contributed by atoms with Gasteiger partial charge in [0, 0.05) is 10.6 Å². The molecule has 142 valence electrons. The molecule has 0 aliphatic heterocycles. The number of nitrogens with one attached hydrogen (secondary N) is 2. The summed E-state index contributed by atoms with van der Waals surface area (Å²) in [5, 5.41) is 22.6. The van der Waals surface area contributed by atoms with Crippen LogP contribution in [-0.4, -0.2) is 16.0 Å². The Morgan fingerprint density at radius 3 is 3.00 bits per heavy atom. The summed E-state index contributed by atoms with van der Waals surface area (Å²) >= 11 is 1.44. The maximum absolute atomic E-state index is 13.5. The number of aromatic nitrogens is 1. The molecule has 3 aromatic rings. The first-order valence-corrected chi connectivity index (χ1v) is 9.61. The molecule has 4 rings (SSSR count). The van der Waals surface area contributed by atoms with Gasteiger partial charge in [-0.25, -0.2) is 4.39 Å². The second-order valence-corrected chi connectivity index (χ2v) is 8.10. The Morgan fingerprint density at radius 1 is 1.46 bits per heavy atom. The van der Waals surface area contributed by atoms with Crippen LogP contribution in [-0.2, 0) is 12.8 Å². The first-order chi connectivity index (χ1) is 13.4. The largest absolute Gasteiger partial charge is 0.506 e. The Hall–Kier alpha value is -3.18. The van der Waals surface area contributed by atoms with E-state index in [9.17, 15) is 19.1 Å². The van der Waals surface area contributed by atoms with Crippen molar-refractivity contribution in [1.82, 2.24) is 4.98 Å². The lowest BCUT2D eigenvalue weighted by Crippen LogP contribution is -2.23. The molecule has 1 unspecified atom stereocenters. The van der Waals surface area contributed by atoms with Crippen LogP contribution in [0.2, 0.25) is 0 Å². The minimum atomic E-state index is -0.819. The van der Waals surface area contributed by atoms with Crippen molar-refractivity contribution in [2.75, 3.05) is 5.32 Å². The van der Waals surface area contributed by atoms with Gasteiger partial charge < -0.3 is 15.4 Å². The summed E-state index contributed by atoms with van der Waals surface area (Å²) in [6.45, 7) is 2.16. The van der Waals surface area contributed by atoms with Crippen LogP contribution in [0.3, 0.4) is 0 Å². The lowest BCUT2D eigenvalue weighted by molar-refractivity contribution is 0.102. The van der Waals surface area contributed by atoms with Gasteiger partial charge in [-0.2, -0.15) is 5.26 Å². The Morgan fingerprint density at radius 2 is 2.25 bits per heavy atom. The smallest absolute Gasteiger partial charge is 0.265 e. The second kappa shape index (κ2) is 6.77. The van der Waals surface area contributed by atoms with E-state index in [0.717, 1.165) is 35.8 Å². The van der Waals surface area contributed by atoms with Gasteiger partial charge >= 0.3 is 0 Å². The van der Waals surface area contributed by atoms with Crippen molar-refractivity contribution in [3.8, 4) is 11.8 Å². The number of rotatable bonds is 2. The fourth-order valence-electron chi connectivity index (χ4n) is 3.58. The molecule has 0 spiro atoms. The molecular formula is C20H16FN3O3S. The third-order valence-corrected chi connectivity index (χ3v) is 6.18. The number of hydrogen-bond acceptors (Lipinski definition) is 5. The zero-order valence-electron chi connectivity index (χ0n) is 14.9. The van der Waals surface area contributed by atoms with Crippen LogP contribution in [0.15, 0.2) is 23.0 Å². The topological polar surface area (TPSA) is 106 Å². The summed E-state index contributed by atoms with van der Waals surface area (Å²) in [5.74, 6) is -1.34. The maximum atomic E-state index is 13.5. The highest BCUT2D eigenvalue weighted by molar-refractivity contribution is 7.18. The Kier molecular flexibility index (Phi) is 4.40. The summed E-state index contributed by atoms with van der Waals surface area (Å²) in [6.07, 6.45) is 2.64. The van der Waals surface area contributed by atoms with Crippen molar-refractivity contribution in [3.05, 3.63) is 55.9 Å². The molecule has 1 amide bonds. The number of carbonyl (C=O) groups is 1. The van der Waals surface area contributed by atoms with Gasteiger partial charge in [0.1, 0.15) is 28.0 Å². The average Bonchev–Trinajstić information content (AvgIpc) is 3.00. The summed E-state index contributed by atoms with van der Waals surface area (Å²) in [4.78, 5) is 29.5. The molecule has 2 aromatic heterocycles. The number of H-pyrrole nitrogens is 1. The molecular weight excluding hydrogens is 381 g/mol. The number of hydrogen-bond donors (Lipinski definition) is 3. The monoisotopic (exact) mass is 397 g/mol. The van der Waals surface area contributed by atoms with E-state index in [2.05, 4.69) is 17.2 Å². The molecule has 28 heavy (non-hydrogen) atoms. The van der Waals surface area contributed by atoms with Crippen LogP contribution in [0.4, 0.5) is 10.1 Å². The highest BCUT2D eigenvalue weighted by atomic mass is 32.1. The Labute approximate surface area is 163 Å². The van der Waals surface area contributed by atoms with Gasteiger partial charge in [0.05, 0.1) is 10.9 Å². The number of anilines is 1. The number of nitrogens with zero attached hydrogens (tertiary/aromatic N) is 1. The Bertz CT molecular complexity index is 1220. The molecule has 0 bridgehead atoms. The number of amides is 1. The first kappa shape index (κ1) is 18.2. The molecule has 6 nitrogen and oxygen atoms in total. The summed E-state index contributed by atoms with van der Waals surface area (Å²) in [7, 11) is 0. The van der Waals surface area contributed by atoms with Gasteiger partial charge in [-0.15, -0.1) is 11.3 Å². The molecule has 0 fully saturated rings. The summed E-state index contributed by atoms with van der Waals surface area (Å²) < 4.78 is 13.5. The van der Waals surface area contributed by atoms with Crippen LogP contribution < -0.4 is 10.9 Å². The average molecular weight is 397 g/mol. The van der Waals surface area contributed by atoms with Crippen LogP contribution >= 0.6 is 11.3 Å². The number of fused-ring (bicyclic) bond motifs is 3. The van der Waals surface area contributed by atoms with Crippen molar-refractivity contribution in [3.63, 3.8) is 0 Å². The molecule has 0 saturated carbocycles. The van der Waals surface area contributed by atoms with E-state index in [0.29, 0.717) is 16.1 Å². The predicted octanol–water partition coefficient (Wildman–Crippen LogP) is 3.68. The van der Waals surface area contributed by atoms with Gasteiger partial charge in [0.15, 0.2) is 0 Å². The zero-order chi connectivity index (χ0) is 20.0. The van der Waals surface area contributed by atoms with Crippen LogP contribution in [0.5, 0.6) is 5.75 Å². The van der Waals surface area contributed by atoms with Gasteiger partial charge in [-0.1, -0.05) is 6.92 Å². The first-order valence-electron chi connectivity index (χ1n) is 8.79. The molecule has 8 heteroatoms. The number of aryl methyl sites for hydroxylation is 1. The third kappa shape index (κ3) is 2.94. The molecule has 1 aliphatic rings. The third-order valence-electron chi connectivity index (χ3n) is 5.01. The molecule has 1 atom stereocenters. The van der Waals surface area contributed by atoms with E-state index in [1.807, 2.05) is 0 Å². The number of halogens is 1. The standard InChI is InChI=1S/C20H16FN3O3S/c1-9-2-4-12-14(6-9)28-20-15(12)17(25)16(19(27)24-20)18(26)23-11-3-5-13(21)10(7-11)8-22/h3,5,7,9H,2,4,6H2,1H3,(H,23,26)(H2,24,25,27). The molecule has 3 N–H and O–H groups in total. The predicted molar refractivity (Wildman–Crippen MR) is 104 cm³/mol. The van der Waals surface area contributed by atoms with E-state index in [-0.39, 0.29) is 17.0 Å². The normalized spacial score (nSPS) is 15.8. The number of carbonyl (C=O) groups excluding carboxylic acids is 1. The molecule has 2 heterocycles. The fourth-order valence-corrected chi connectivity index (χ4v) is 4.99. The zero-order valence-corrected chi connectivity index (χ0v) is 15.7. The van der Waals surface area contributed by atoms with Crippen molar-refractivity contribution >= 4 is 33.1 Å². The van der Waals surface area contributed by atoms with Gasteiger partial charge in [-0.3, -0.25) is 9.59 Å². The molecule has 1 aliphatic carbocycles. The Balaban J connectivity index is 1.77. The lowest BCUT2D eigenvalue weighted by atomic mass is 9.89. The van der Waals surface area contributed by atoms with Crippen LogP contribution in [0.25, 0.3) is 10.2 Å². The lowest BCUT2D eigenvalue weighted by Gasteiger charge is -2.18. The molecule has 1 aromatic carbocycles. The van der Waals surface area contributed by atoms with E-state index in [1.54, 1.807) is 6.07 Å². The molecule has 0 saturated heterocycles. The van der Waals surface area contributed by atoms with Gasteiger partial charge in [0.25, 0.3) is 11.5 Å². The number of aromatic amines is 1. The van der Waals surface area contributed by atoms with E-state index < -0.39 is 22.8 Å². The van der Waals surface area contributed by atoms with E-state index in [1.165, 1.54) is 23.5 Å². The molecule has 0 radical (unpaired) electrons. The van der Waals surface area contributed by atoms with Crippen LogP contribution in [0.1, 0.15) is 39.7 Å². The number of pyridine rings is 1. The summed E-state index contributed by atoms with van der Waals surface area (Å²) in [6, 6.07) is 5.20. The number of aromatic hydroxyl groups is 1. The summed E-state index contributed by atoms with van der Waals surface area (Å²) in [5.41, 5.74) is -0.184.